The van der Waals surface area contributed by atoms with Crippen LogP contribution in [0.2, 0.25) is 0 Å². The molecule has 0 saturated heterocycles. The van der Waals surface area contributed by atoms with E-state index < -0.39 is 0 Å². The number of anilines is 1. The number of rotatable bonds is 8. The molecule has 0 unspecified atom stereocenters. The number of carbonyl (C=O) groups excluding carboxylic acids is 1. The van der Waals surface area contributed by atoms with E-state index in [0.29, 0.717) is 24.8 Å². The molecular weight excluding hydrogens is 440 g/mol. The molecule has 0 atom stereocenters. The Morgan fingerprint density at radius 3 is 2.46 bits per heavy atom. The maximum atomic E-state index is 12.7. The molecular formula is C29H30N2O4. The lowest BCUT2D eigenvalue weighted by Crippen LogP contribution is -2.10. The molecule has 4 aromatic rings. The molecule has 1 amide bonds. The molecule has 180 valence electrons. The number of carbonyl (C=O) groups is 1. The molecule has 4 rings (SSSR count). The van der Waals surface area contributed by atoms with E-state index in [9.17, 15) is 4.79 Å². The molecule has 2 heterocycles. The average Bonchev–Trinajstić information content (AvgIpc) is 3.27. The summed E-state index contributed by atoms with van der Waals surface area (Å²) >= 11 is 0. The Morgan fingerprint density at radius 1 is 1.06 bits per heavy atom. The lowest BCUT2D eigenvalue weighted by Gasteiger charge is -2.15. The standard InChI is InChI=1S/C29H30N2O4/c1-6-33-22-11-9-21(10-12-22)25-17-35-29-20(5)28(34-7-2)23(15-24(25)29)19(4)14-27(32)31-26-13-8-18(3)16-30-26/h8-17H,6-7H2,1-5H3,(H,30,31,32)/b19-14+. The van der Waals surface area contributed by atoms with E-state index in [1.165, 1.54) is 0 Å². The van der Waals surface area contributed by atoms with Crippen molar-refractivity contribution in [2.45, 2.75) is 34.6 Å². The molecule has 6 heteroatoms. The number of ether oxygens (including phenoxy) is 2. The van der Waals surface area contributed by atoms with Gasteiger partial charge in [0.25, 0.3) is 0 Å². The maximum Gasteiger partial charge on any atom is 0.249 e. The Hall–Kier alpha value is -4.06. The molecule has 35 heavy (non-hydrogen) atoms. The second-order valence-electron chi connectivity index (χ2n) is 8.33. The molecule has 2 aromatic carbocycles. The molecule has 0 radical (unpaired) electrons. The van der Waals surface area contributed by atoms with Crippen molar-refractivity contribution in [1.82, 2.24) is 4.98 Å². The first-order chi connectivity index (χ1) is 16.9. The number of fused-ring (bicyclic) bond motifs is 1. The van der Waals surface area contributed by atoms with Crippen molar-refractivity contribution >= 4 is 28.3 Å². The normalized spacial score (nSPS) is 11.5. The van der Waals surface area contributed by atoms with E-state index in [0.717, 1.165) is 50.1 Å². The van der Waals surface area contributed by atoms with Crippen molar-refractivity contribution in [3.05, 3.63) is 77.7 Å². The molecule has 0 aliphatic carbocycles. The number of aryl methyl sites for hydroxylation is 2. The summed E-state index contributed by atoms with van der Waals surface area (Å²) in [6.45, 7) is 10.9. The third-order valence-corrected chi connectivity index (χ3v) is 5.74. The van der Waals surface area contributed by atoms with Gasteiger partial charge in [-0.3, -0.25) is 4.79 Å². The minimum absolute atomic E-state index is 0.252. The van der Waals surface area contributed by atoms with E-state index in [4.69, 9.17) is 13.9 Å². The number of pyridine rings is 1. The zero-order chi connectivity index (χ0) is 24.9. The van der Waals surface area contributed by atoms with Crippen LogP contribution in [0.1, 0.15) is 37.5 Å². The van der Waals surface area contributed by atoms with Crippen LogP contribution in [-0.2, 0) is 4.79 Å². The SMILES string of the molecule is CCOc1ccc(-c2coc3c(C)c(OCC)c(/C(C)=C/C(=O)Nc4ccc(C)cn4)cc23)cc1. The Labute approximate surface area is 205 Å². The Morgan fingerprint density at radius 2 is 1.80 bits per heavy atom. The molecule has 6 nitrogen and oxygen atoms in total. The first-order valence-electron chi connectivity index (χ1n) is 11.7. The Kier molecular flexibility index (Phi) is 7.20. The molecule has 0 aliphatic rings. The van der Waals surface area contributed by atoms with Crippen molar-refractivity contribution in [2.24, 2.45) is 0 Å². The summed E-state index contributed by atoms with van der Waals surface area (Å²) in [6.07, 6.45) is 5.06. The van der Waals surface area contributed by atoms with Crippen LogP contribution in [0.5, 0.6) is 11.5 Å². The van der Waals surface area contributed by atoms with Crippen molar-refractivity contribution in [2.75, 3.05) is 18.5 Å². The summed E-state index contributed by atoms with van der Waals surface area (Å²) in [5, 5.41) is 3.78. The predicted molar refractivity (Wildman–Crippen MR) is 140 cm³/mol. The van der Waals surface area contributed by atoms with Gasteiger partial charge >= 0.3 is 0 Å². The number of furan rings is 1. The summed E-state index contributed by atoms with van der Waals surface area (Å²) in [7, 11) is 0. The third-order valence-electron chi connectivity index (χ3n) is 5.74. The highest BCUT2D eigenvalue weighted by Gasteiger charge is 2.19. The Bertz CT molecular complexity index is 1370. The number of benzene rings is 2. The van der Waals surface area contributed by atoms with Crippen LogP contribution in [0, 0.1) is 13.8 Å². The molecule has 0 bridgehead atoms. The van der Waals surface area contributed by atoms with Gasteiger partial charge in [-0.2, -0.15) is 0 Å². The van der Waals surface area contributed by atoms with Crippen LogP contribution >= 0.6 is 0 Å². The van der Waals surface area contributed by atoms with Crippen molar-refractivity contribution < 1.29 is 18.7 Å². The maximum absolute atomic E-state index is 12.7. The quantitative estimate of drug-likeness (QED) is 0.282. The lowest BCUT2D eigenvalue weighted by molar-refractivity contribution is -0.111. The number of nitrogens with one attached hydrogen (secondary N) is 1. The number of aromatic nitrogens is 1. The highest BCUT2D eigenvalue weighted by atomic mass is 16.5. The van der Waals surface area contributed by atoms with Gasteiger partial charge in [-0.05, 0) is 75.6 Å². The van der Waals surface area contributed by atoms with Crippen LogP contribution < -0.4 is 14.8 Å². The molecule has 0 saturated carbocycles. The van der Waals surface area contributed by atoms with E-state index in [1.54, 1.807) is 24.6 Å². The van der Waals surface area contributed by atoms with Crippen LogP contribution in [0.25, 0.3) is 27.7 Å². The number of allylic oxidation sites excluding steroid dienone is 1. The van der Waals surface area contributed by atoms with Gasteiger partial charge in [0.15, 0.2) is 0 Å². The molecule has 0 fully saturated rings. The highest BCUT2D eigenvalue weighted by molar-refractivity contribution is 6.05. The van der Waals surface area contributed by atoms with Gasteiger partial charge in [0.1, 0.15) is 22.9 Å². The summed E-state index contributed by atoms with van der Waals surface area (Å²) in [5.74, 6) is 1.79. The van der Waals surface area contributed by atoms with Crippen LogP contribution in [0.4, 0.5) is 5.82 Å². The van der Waals surface area contributed by atoms with Crippen LogP contribution in [0.3, 0.4) is 0 Å². The Balaban J connectivity index is 1.74. The van der Waals surface area contributed by atoms with Gasteiger partial charge in [-0.15, -0.1) is 0 Å². The zero-order valence-electron chi connectivity index (χ0n) is 20.8. The smallest absolute Gasteiger partial charge is 0.249 e. The first kappa shape index (κ1) is 24.1. The van der Waals surface area contributed by atoms with Gasteiger partial charge in [-0.25, -0.2) is 4.98 Å². The monoisotopic (exact) mass is 470 g/mol. The molecule has 0 spiro atoms. The van der Waals surface area contributed by atoms with Crippen LogP contribution in [-0.4, -0.2) is 24.1 Å². The number of hydrogen-bond acceptors (Lipinski definition) is 5. The largest absolute Gasteiger partial charge is 0.494 e. The minimum atomic E-state index is -0.252. The number of hydrogen-bond donors (Lipinski definition) is 1. The van der Waals surface area contributed by atoms with Crippen molar-refractivity contribution in [3.63, 3.8) is 0 Å². The van der Waals surface area contributed by atoms with Gasteiger partial charge in [0, 0.05) is 34.3 Å². The fourth-order valence-corrected chi connectivity index (χ4v) is 4.04. The molecule has 1 N–H and O–H groups in total. The average molecular weight is 471 g/mol. The van der Waals surface area contributed by atoms with Crippen molar-refractivity contribution in [1.29, 1.82) is 0 Å². The molecule has 2 aromatic heterocycles. The topological polar surface area (TPSA) is 73.6 Å². The summed E-state index contributed by atoms with van der Waals surface area (Å²) < 4.78 is 17.6. The molecule has 0 aliphatic heterocycles. The van der Waals surface area contributed by atoms with E-state index in [2.05, 4.69) is 10.3 Å². The zero-order valence-corrected chi connectivity index (χ0v) is 20.8. The van der Waals surface area contributed by atoms with E-state index in [1.807, 2.05) is 71.0 Å². The number of nitrogens with zero attached hydrogens (tertiary/aromatic N) is 1. The predicted octanol–water partition coefficient (Wildman–Crippen LogP) is 6.95. The fraction of sp³-hybridized carbons (Fsp3) is 0.241. The van der Waals surface area contributed by atoms with Gasteiger partial charge < -0.3 is 19.2 Å². The summed E-state index contributed by atoms with van der Waals surface area (Å²) in [5.41, 5.74) is 6.30. The first-order valence-corrected chi connectivity index (χ1v) is 11.7. The van der Waals surface area contributed by atoms with Crippen LogP contribution in [0.15, 0.2) is 65.4 Å². The van der Waals surface area contributed by atoms with Crippen molar-refractivity contribution in [3.8, 4) is 22.6 Å². The second-order valence-corrected chi connectivity index (χ2v) is 8.33. The minimum Gasteiger partial charge on any atom is -0.494 e. The fourth-order valence-electron chi connectivity index (χ4n) is 4.04. The summed E-state index contributed by atoms with van der Waals surface area (Å²) in [6, 6.07) is 13.7. The van der Waals surface area contributed by atoms with E-state index >= 15 is 0 Å². The number of amides is 1. The second kappa shape index (κ2) is 10.5. The lowest BCUT2D eigenvalue weighted by atomic mass is 9.96. The van der Waals surface area contributed by atoms with Gasteiger partial charge in [0.2, 0.25) is 5.91 Å². The highest BCUT2D eigenvalue weighted by Crippen LogP contribution is 2.41. The summed E-state index contributed by atoms with van der Waals surface area (Å²) in [4.78, 5) is 17.0. The van der Waals surface area contributed by atoms with Gasteiger partial charge in [0.05, 0.1) is 19.5 Å². The van der Waals surface area contributed by atoms with Gasteiger partial charge in [-0.1, -0.05) is 18.2 Å². The van der Waals surface area contributed by atoms with E-state index in [-0.39, 0.29) is 5.91 Å². The third kappa shape index (κ3) is 5.22.